The fourth-order valence-electron chi connectivity index (χ4n) is 2.57. The van der Waals surface area contributed by atoms with Crippen molar-refractivity contribution < 1.29 is 4.39 Å². The molecular formula is C14H21FN2. The Hall–Kier alpha value is -0.930. The van der Waals surface area contributed by atoms with Crippen LogP contribution in [0.5, 0.6) is 0 Å². The van der Waals surface area contributed by atoms with Crippen molar-refractivity contribution in [1.82, 2.24) is 10.6 Å². The van der Waals surface area contributed by atoms with Gasteiger partial charge >= 0.3 is 0 Å². The number of rotatable bonds is 4. The van der Waals surface area contributed by atoms with E-state index in [2.05, 4.69) is 10.6 Å². The smallest absolute Gasteiger partial charge is 0.123 e. The summed E-state index contributed by atoms with van der Waals surface area (Å²) < 4.78 is 12.9. The Morgan fingerprint density at radius 2 is 2.18 bits per heavy atom. The number of piperidine rings is 1. The molecular weight excluding hydrogens is 215 g/mol. The van der Waals surface area contributed by atoms with Crippen LogP contribution in [0.25, 0.3) is 0 Å². The van der Waals surface area contributed by atoms with Gasteiger partial charge in [0.2, 0.25) is 0 Å². The van der Waals surface area contributed by atoms with E-state index in [0.29, 0.717) is 6.04 Å². The zero-order valence-electron chi connectivity index (χ0n) is 10.4. The summed E-state index contributed by atoms with van der Waals surface area (Å²) in [4.78, 5) is 0. The highest BCUT2D eigenvalue weighted by molar-refractivity contribution is 5.20. The molecule has 2 nitrogen and oxygen atoms in total. The van der Waals surface area contributed by atoms with E-state index in [1.165, 1.54) is 18.4 Å². The van der Waals surface area contributed by atoms with Crippen LogP contribution in [0.2, 0.25) is 0 Å². The first-order valence-corrected chi connectivity index (χ1v) is 6.43. The predicted molar refractivity (Wildman–Crippen MR) is 68.4 cm³/mol. The second-order valence-electron chi connectivity index (χ2n) is 4.84. The van der Waals surface area contributed by atoms with Crippen molar-refractivity contribution in [2.75, 3.05) is 20.1 Å². The standard InChI is InChI=1S/C14H21FN2/c1-16-14(9-11-3-2-8-17-10-11)12-4-6-13(15)7-5-12/h4-7,11,14,16-17H,2-3,8-10H2,1H3. The van der Waals surface area contributed by atoms with Crippen molar-refractivity contribution >= 4 is 0 Å². The summed E-state index contributed by atoms with van der Waals surface area (Å²) in [5.41, 5.74) is 1.18. The Bertz CT molecular complexity index is 331. The van der Waals surface area contributed by atoms with Crippen LogP contribution in [0.15, 0.2) is 24.3 Å². The molecule has 1 aromatic carbocycles. The van der Waals surface area contributed by atoms with Gasteiger partial charge in [-0.3, -0.25) is 0 Å². The lowest BCUT2D eigenvalue weighted by Crippen LogP contribution is -2.32. The van der Waals surface area contributed by atoms with Crippen molar-refractivity contribution in [3.63, 3.8) is 0 Å². The summed E-state index contributed by atoms with van der Waals surface area (Å²) >= 11 is 0. The van der Waals surface area contributed by atoms with Crippen LogP contribution in [-0.4, -0.2) is 20.1 Å². The summed E-state index contributed by atoms with van der Waals surface area (Å²) in [6.45, 7) is 2.26. The lowest BCUT2D eigenvalue weighted by Gasteiger charge is -2.27. The Morgan fingerprint density at radius 1 is 1.41 bits per heavy atom. The largest absolute Gasteiger partial charge is 0.316 e. The van der Waals surface area contributed by atoms with Crippen molar-refractivity contribution in [3.8, 4) is 0 Å². The summed E-state index contributed by atoms with van der Waals surface area (Å²) in [7, 11) is 1.98. The molecule has 0 spiro atoms. The third kappa shape index (κ3) is 3.51. The van der Waals surface area contributed by atoms with E-state index in [0.717, 1.165) is 25.4 Å². The molecule has 1 heterocycles. The minimum atomic E-state index is -0.164. The van der Waals surface area contributed by atoms with Gasteiger partial charge in [0.15, 0.2) is 0 Å². The summed E-state index contributed by atoms with van der Waals surface area (Å²) in [5, 5.41) is 6.77. The van der Waals surface area contributed by atoms with E-state index < -0.39 is 0 Å². The van der Waals surface area contributed by atoms with Crippen molar-refractivity contribution in [3.05, 3.63) is 35.6 Å². The molecule has 0 radical (unpaired) electrons. The molecule has 2 atom stereocenters. The van der Waals surface area contributed by atoms with Crippen LogP contribution in [0.3, 0.4) is 0 Å². The second-order valence-corrected chi connectivity index (χ2v) is 4.84. The van der Waals surface area contributed by atoms with Crippen molar-refractivity contribution in [2.45, 2.75) is 25.3 Å². The fourth-order valence-corrected chi connectivity index (χ4v) is 2.57. The molecule has 1 aromatic rings. The molecule has 2 unspecified atom stereocenters. The monoisotopic (exact) mass is 236 g/mol. The topological polar surface area (TPSA) is 24.1 Å². The SMILES string of the molecule is CNC(CC1CCCNC1)c1ccc(F)cc1. The van der Waals surface area contributed by atoms with Crippen LogP contribution in [0.1, 0.15) is 30.9 Å². The van der Waals surface area contributed by atoms with E-state index in [1.807, 2.05) is 19.2 Å². The van der Waals surface area contributed by atoms with Gasteiger partial charge in [-0.1, -0.05) is 12.1 Å². The van der Waals surface area contributed by atoms with Crippen molar-refractivity contribution in [2.24, 2.45) is 5.92 Å². The van der Waals surface area contributed by atoms with Crippen LogP contribution in [0.4, 0.5) is 4.39 Å². The van der Waals surface area contributed by atoms with Crippen LogP contribution < -0.4 is 10.6 Å². The van der Waals surface area contributed by atoms with Gasteiger partial charge in [-0.25, -0.2) is 4.39 Å². The minimum Gasteiger partial charge on any atom is -0.316 e. The maximum Gasteiger partial charge on any atom is 0.123 e. The van der Waals surface area contributed by atoms with E-state index in [4.69, 9.17) is 0 Å². The number of hydrogen-bond acceptors (Lipinski definition) is 2. The van der Waals surface area contributed by atoms with Gasteiger partial charge in [0.25, 0.3) is 0 Å². The average Bonchev–Trinajstić information content (AvgIpc) is 2.38. The van der Waals surface area contributed by atoms with E-state index in [9.17, 15) is 4.39 Å². The van der Waals surface area contributed by atoms with Gasteiger partial charge in [0, 0.05) is 6.04 Å². The lowest BCUT2D eigenvalue weighted by molar-refractivity contribution is 0.322. The number of benzene rings is 1. The Balaban J connectivity index is 1.97. The molecule has 0 aromatic heterocycles. The highest BCUT2D eigenvalue weighted by atomic mass is 19.1. The van der Waals surface area contributed by atoms with Gasteiger partial charge in [0.05, 0.1) is 0 Å². The molecule has 1 fully saturated rings. The highest BCUT2D eigenvalue weighted by Gasteiger charge is 2.18. The number of hydrogen-bond donors (Lipinski definition) is 2. The molecule has 1 saturated heterocycles. The van der Waals surface area contributed by atoms with Gasteiger partial charge in [-0.15, -0.1) is 0 Å². The number of halogens is 1. The first kappa shape index (κ1) is 12.5. The van der Waals surface area contributed by atoms with Crippen LogP contribution in [0, 0.1) is 11.7 Å². The minimum absolute atomic E-state index is 0.164. The molecule has 1 aliphatic heterocycles. The van der Waals surface area contributed by atoms with Gasteiger partial charge < -0.3 is 10.6 Å². The van der Waals surface area contributed by atoms with E-state index in [1.54, 1.807) is 12.1 Å². The van der Waals surface area contributed by atoms with E-state index >= 15 is 0 Å². The summed E-state index contributed by atoms with van der Waals surface area (Å²) in [6.07, 6.45) is 3.69. The van der Waals surface area contributed by atoms with Gasteiger partial charge in [-0.2, -0.15) is 0 Å². The normalized spacial score (nSPS) is 22.4. The predicted octanol–water partition coefficient (Wildman–Crippen LogP) is 2.48. The molecule has 0 aliphatic carbocycles. The molecule has 0 saturated carbocycles. The second kappa shape index (κ2) is 6.12. The molecule has 2 rings (SSSR count). The van der Waals surface area contributed by atoms with E-state index in [-0.39, 0.29) is 5.82 Å². The zero-order chi connectivity index (χ0) is 12.1. The maximum absolute atomic E-state index is 12.9. The zero-order valence-corrected chi connectivity index (χ0v) is 10.4. The first-order chi connectivity index (χ1) is 8.29. The van der Waals surface area contributed by atoms with Crippen LogP contribution in [-0.2, 0) is 0 Å². The lowest BCUT2D eigenvalue weighted by atomic mass is 9.89. The average molecular weight is 236 g/mol. The highest BCUT2D eigenvalue weighted by Crippen LogP contribution is 2.25. The molecule has 94 valence electrons. The molecule has 0 amide bonds. The fraction of sp³-hybridized carbons (Fsp3) is 0.571. The van der Waals surface area contributed by atoms with Gasteiger partial charge in [0.1, 0.15) is 5.82 Å². The third-order valence-corrected chi connectivity index (χ3v) is 3.59. The van der Waals surface area contributed by atoms with Crippen molar-refractivity contribution in [1.29, 1.82) is 0 Å². The molecule has 2 N–H and O–H groups in total. The Labute approximate surface area is 103 Å². The van der Waals surface area contributed by atoms with Gasteiger partial charge in [-0.05, 0) is 63.0 Å². The first-order valence-electron chi connectivity index (χ1n) is 6.43. The quantitative estimate of drug-likeness (QED) is 0.839. The summed E-state index contributed by atoms with van der Waals surface area (Å²) in [6, 6.07) is 7.18. The third-order valence-electron chi connectivity index (χ3n) is 3.59. The molecule has 17 heavy (non-hydrogen) atoms. The molecule has 1 aliphatic rings. The summed E-state index contributed by atoms with van der Waals surface area (Å²) in [5.74, 6) is 0.564. The Morgan fingerprint density at radius 3 is 2.76 bits per heavy atom. The number of nitrogens with one attached hydrogen (secondary N) is 2. The maximum atomic E-state index is 12.9. The molecule has 0 bridgehead atoms. The molecule has 3 heteroatoms. The van der Waals surface area contributed by atoms with Crippen LogP contribution >= 0.6 is 0 Å². The Kier molecular flexibility index (Phi) is 4.51.